The van der Waals surface area contributed by atoms with Crippen molar-refractivity contribution >= 4 is 44.7 Å². The summed E-state index contributed by atoms with van der Waals surface area (Å²) in [6.45, 7) is 6.64. The molecule has 2 saturated heterocycles. The summed E-state index contributed by atoms with van der Waals surface area (Å²) in [6, 6.07) is 6.35. The Balaban J connectivity index is 1.55. The first kappa shape index (κ1) is 24.8. The van der Waals surface area contributed by atoms with Crippen LogP contribution in [0.15, 0.2) is 24.3 Å². The molecule has 2 aliphatic rings. The molecule has 2 fully saturated rings. The van der Waals surface area contributed by atoms with Gasteiger partial charge in [0.2, 0.25) is 10.0 Å². The van der Waals surface area contributed by atoms with E-state index in [4.69, 9.17) is 21.7 Å². The highest BCUT2D eigenvalue weighted by atomic mass is 35.5. The van der Waals surface area contributed by atoms with Crippen LogP contribution in [0.3, 0.4) is 0 Å². The summed E-state index contributed by atoms with van der Waals surface area (Å²) < 4.78 is 28.2. The molecule has 1 amide bonds. The Kier molecular flexibility index (Phi) is 6.59. The number of nitrogens with zero attached hydrogens (tertiary/aromatic N) is 5. The van der Waals surface area contributed by atoms with Crippen molar-refractivity contribution in [3.63, 3.8) is 0 Å². The van der Waals surface area contributed by atoms with Crippen LogP contribution in [0.25, 0.3) is 5.65 Å². The molecule has 1 aromatic carbocycles. The van der Waals surface area contributed by atoms with E-state index in [-0.39, 0.29) is 23.2 Å². The number of hydrogen-bond donors (Lipinski definition) is 1. The Morgan fingerprint density at radius 1 is 1.08 bits per heavy atom. The molecule has 3 aromatic rings. The van der Waals surface area contributed by atoms with Gasteiger partial charge in [0, 0.05) is 42.0 Å². The molecule has 0 radical (unpaired) electrons. The second kappa shape index (κ2) is 9.55. The molecule has 2 aliphatic heterocycles. The molecule has 0 unspecified atom stereocenters. The first-order chi connectivity index (χ1) is 17.1. The van der Waals surface area contributed by atoms with Crippen LogP contribution in [0, 0.1) is 13.8 Å². The number of amides is 1. The summed E-state index contributed by atoms with van der Waals surface area (Å²) in [5, 5.41) is 5.35. The molecule has 0 saturated carbocycles. The van der Waals surface area contributed by atoms with E-state index in [9.17, 15) is 13.2 Å². The largest absolute Gasteiger partial charge is 0.356 e. The van der Waals surface area contributed by atoms with Gasteiger partial charge < -0.3 is 9.80 Å². The topological polar surface area (TPSA) is 99.9 Å². The predicted octanol–water partition coefficient (Wildman–Crippen LogP) is 4.34. The molecule has 1 N–H and O–H groups in total. The number of fused-ring (bicyclic) bond motifs is 1. The van der Waals surface area contributed by atoms with Crippen molar-refractivity contribution in [1.29, 1.82) is 0 Å². The number of halogens is 1. The Labute approximate surface area is 216 Å². The number of piperidine rings is 1. The lowest BCUT2D eigenvalue weighted by atomic mass is 9.98. The number of carbonyl (C=O) groups excluding carboxylic acids is 1. The van der Waals surface area contributed by atoms with Crippen molar-refractivity contribution in [3.8, 4) is 0 Å². The lowest BCUT2D eigenvalue weighted by Crippen LogP contribution is -2.39. The Morgan fingerprint density at radius 3 is 2.53 bits per heavy atom. The number of aryl methyl sites for hydroxylation is 1. The SMILES string of the molecule is Cc1nc2cc([C@@H]3CCCCN3C(=O)c3cc(Cl)ccc3NS(C)(=O)=O)nn2c(N2CCCC2)c1C. The smallest absolute Gasteiger partial charge is 0.256 e. The van der Waals surface area contributed by atoms with Gasteiger partial charge in [0.05, 0.1) is 29.2 Å². The average molecular weight is 531 g/mol. The Hall–Kier alpha value is -2.85. The fraction of sp³-hybridized carbons (Fsp3) is 0.480. The van der Waals surface area contributed by atoms with E-state index in [1.165, 1.54) is 12.1 Å². The third-order valence-electron chi connectivity index (χ3n) is 7.09. The minimum atomic E-state index is -3.57. The standard InChI is InChI=1S/C25H31ClN6O3S/c1-16-17(2)27-23-15-21(28-32(23)24(16)30-11-6-7-12-30)22-8-4-5-13-31(22)25(33)19-14-18(26)9-10-20(19)29-36(3,34)35/h9-10,14-15,22,29H,4-8,11-13H2,1-3H3/t22-/m0/s1. The normalized spacial score (nSPS) is 18.7. The molecule has 0 bridgehead atoms. The number of benzene rings is 1. The molecule has 1 atom stereocenters. The van der Waals surface area contributed by atoms with E-state index < -0.39 is 10.0 Å². The van der Waals surface area contributed by atoms with Crippen LogP contribution in [0.4, 0.5) is 11.5 Å². The zero-order valence-corrected chi connectivity index (χ0v) is 22.4. The second-order valence-electron chi connectivity index (χ2n) is 9.75. The highest BCUT2D eigenvalue weighted by Gasteiger charge is 2.33. The van der Waals surface area contributed by atoms with Crippen molar-refractivity contribution in [2.75, 3.05) is 35.5 Å². The summed E-state index contributed by atoms with van der Waals surface area (Å²) in [5.41, 5.74) is 4.10. The van der Waals surface area contributed by atoms with Crippen LogP contribution in [-0.4, -0.2) is 59.7 Å². The van der Waals surface area contributed by atoms with Crippen LogP contribution >= 0.6 is 11.6 Å². The minimum absolute atomic E-state index is 0.218. The van der Waals surface area contributed by atoms with Crippen molar-refractivity contribution in [3.05, 3.63) is 51.8 Å². The summed E-state index contributed by atoms with van der Waals surface area (Å²) >= 11 is 6.21. The first-order valence-corrected chi connectivity index (χ1v) is 14.6. The monoisotopic (exact) mass is 530 g/mol. The van der Waals surface area contributed by atoms with Gasteiger partial charge in [-0.1, -0.05) is 11.6 Å². The molecular weight excluding hydrogens is 500 g/mol. The van der Waals surface area contributed by atoms with Crippen LogP contribution in [-0.2, 0) is 10.0 Å². The van der Waals surface area contributed by atoms with E-state index in [1.54, 1.807) is 11.0 Å². The molecule has 0 aliphatic carbocycles. The van der Waals surface area contributed by atoms with E-state index in [0.29, 0.717) is 11.6 Å². The van der Waals surface area contributed by atoms with Gasteiger partial charge in [0.25, 0.3) is 5.91 Å². The average Bonchev–Trinajstić information content (AvgIpc) is 3.50. The molecule has 5 rings (SSSR count). The Morgan fingerprint density at radius 2 is 1.81 bits per heavy atom. The molecule has 192 valence electrons. The third-order valence-corrected chi connectivity index (χ3v) is 7.91. The molecule has 9 nitrogen and oxygen atoms in total. The molecule has 2 aromatic heterocycles. The van der Waals surface area contributed by atoms with Crippen LogP contribution in [0.1, 0.15) is 65.5 Å². The van der Waals surface area contributed by atoms with Crippen molar-refractivity contribution < 1.29 is 13.2 Å². The van der Waals surface area contributed by atoms with Gasteiger partial charge in [-0.25, -0.2) is 13.4 Å². The van der Waals surface area contributed by atoms with Crippen LogP contribution in [0.5, 0.6) is 0 Å². The molecular formula is C25H31ClN6O3S. The summed E-state index contributed by atoms with van der Waals surface area (Å²) in [5.74, 6) is 0.801. The lowest BCUT2D eigenvalue weighted by Gasteiger charge is -2.35. The van der Waals surface area contributed by atoms with Gasteiger partial charge in [-0.3, -0.25) is 9.52 Å². The van der Waals surface area contributed by atoms with Gasteiger partial charge in [0.1, 0.15) is 5.82 Å². The van der Waals surface area contributed by atoms with E-state index in [0.717, 1.165) is 79.9 Å². The Bertz CT molecular complexity index is 1430. The molecule has 0 spiro atoms. The van der Waals surface area contributed by atoms with Gasteiger partial charge in [-0.15, -0.1) is 0 Å². The quantitative estimate of drug-likeness (QED) is 0.526. The number of rotatable bonds is 5. The van der Waals surface area contributed by atoms with Crippen molar-refractivity contribution in [1.82, 2.24) is 19.5 Å². The van der Waals surface area contributed by atoms with Crippen molar-refractivity contribution in [2.45, 2.75) is 52.0 Å². The summed E-state index contributed by atoms with van der Waals surface area (Å²) in [6.07, 6.45) is 5.97. The minimum Gasteiger partial charge on any atom is -0.356 e. The summed E-state index contributed by atoms with van der Waals surface area (Å²) in [4.78, 5) is 22.8. The van der Waals surface area contributed by atoms with E-state index in [1.807, 2.05) is 17.5 Å². The van der Waals surface area contributed by atoms with Gasteiger partial charge in [0.15, 0.2) is 5.65 Å². The first-order valence-electron chi connectivity index (χ1n) is 12.3. The van der Waals surface area contributed by atoms with Crippen LogP contribution < -0.4 is 9.62 Å². The van der Waals surface area contributed by atoms with Gasteiger partial charge >= 0.3 is 0 Å². The zero-order chi connectivity index (χ0) is 25.6. The molecule has 11 heteroatoms. The third kappa shape index (κ3) is 4.76. The van der Waals surface area contributed by atoms with Crippen LogP contribution in [0.2, 0.25) is 5.02 Å². The maximum atomic E-state index is 13.8. The highest BCUT2D eigenvalue weighted by Crippen LogP contribution is 2.35. The number of hydrogen-bond acceptors (Lipinski definition) is 6. The van der Waals surface area contributed by atoms with Gasteiger partial charge in [-0.2, -0.15) is 9.61 Å². The molecule has 36 heavy (non-hydrogen) atoms. The highest BCUT2D eigenvalue weighted by molar-refractivity contribution is 7.92. The number of carbonyl (C=O) groups is 1. The van der Waals surface area contributed by atoms with Crippen molar-refractivity contribution in [2.24, 2.45) is 0 Å². The number of sulfonamides is 1. The summed E-state index contributed by atoms with van der Waals surface area (Å²) in [7, 11) is -3.57. The fourth-order valence-corrected chi connectivity index (χ4v) is 6.03. The van der Waals surface area contributed by atoms with Gasteiger partial charge in [-0.05, 0) is 64.2 Å². The van der Waals surface area contributed by atoms with E-state index >= 15 is 0 Å². The lowest BCUT2D eigenvalue weighted by molar-refractivity contribution is 0.0607. The number of aromatic nitrogens is 3. The zero-order valence-electron chi connectivity index (χ0n) is 20.8. The maximum Gasteiger partial charge on any atom is 0.256 e. The molecule has 4 heterocycles. The number of likely N-dealkylation sites (tertiary alicyclic amines) is 1. The fourth-order valence-electron chi connectivity index (χ4n) is 5.28. The predicted molar refractivity (Wildman–Crippen MR) is 141 cm³/mol. The number of nitrogens with one attached hydrogen (secondary N) is 1. The second-order valence-corrected chi connectivity index (χ2v) is 11.9. The maximum absolute atomic E-state index is 13.8. The number of anilines is 2. The van der Waals surface area contributed by atoms with E-state index in [2.05, 4.69) is 16.5 Å².